The van der Waals surface area contributed by atoms with Gasteiger partial charge in [-0.15, -0.1) is 10.2 Å². The van der Waals surface area contributed by atoms with E-state index in [2.05, 4.69) is 78.3 Å². The lowest BCUT2D eigenvalue weighted by Gasteiger charge is -2.26. The van der Waals surface area contributed by atoms with Gasteiger partial charge in [0.1, 0.15) is 17.3 Å². The van der Waals surface area contributed by atoms with Crippen LogP contribution in [0.25, 0.3) is 0 Å². The van der Waals surface area contributed by atoms with Crippen LogP contribution in [-0.2, 0) is 0 Å². The van der Waals surface area contributed by atoms with Gasteiger partial charge in [-0.25, -0.2) is 0 Å². The highest BCUT2D eigenvalue weighted by molar-refractivity contribution is 5.96. The first kappa shape index (κ1) is 20.6. The zero-order valence-electron chi connectivity index (χ0n) is 16.3. The first-order chi connectivity index (χ1) is 11.8. The SMILES string of the molecule is C=C(/C=C\C(C)=C/CC)C(C)(C)CNc1ccc(C(=NC)NC)nn1. The number of hydrogen-bond donors (Lipinski definition) is 2. The summed E-state index contributed by atoms with van der Waals surface area (Å²) in [7, 11) is 3.54. The molecule has 1 rings (SSSR count). The highest BCUT2D eigenvalue weighted by Crippen LogP contribution is 2.26. The molecular formula is C20H31N5. The van der Waals surface area contributed by atoms with Crippen LogP contribution in [0.5, 0.6) is 0 Å². The molecule has 0 radical (unpaired) electrons. The third-order valence-electron chi connectivity index (χ3n) is 4.02. The Morgan fingerprint density at radius 1 is 1.28 bits per heavy atom. The van der Waals surface area contributed by atoms with Crippen molar-refractivity contribution in [3.8, 4) is 0 Å². The number of hydrogen-bond acceptors (Lipinski definition) is 4. The van der Waals surface area contributed by atoms with Crippen molar-refractivity contribution in [2.24, 2.45) is 10.4 Å². The summed E-state index contributed by atoms with van der Waals surface area (Å²) in [6.45, 7) is 13.5. The van der Waals surface area contributed by atoms with Crippen LogP contribution >= 0.6 is 0 Å². The number of amidine groups is 1. The van der Waals surface area contributed by atoms with Gasteiger partial charge >= 0.3 is 0 Å². The molecule has 5 nitrogen and oxygen atoms in total. The molecule has 0 saturated carbocycles. The van der Waals surface area contributed by atoms with Gasteiger partial charge in [-0.2, -0.15) is 0 Å². The molecule has 0 aliphatic carbocycles. The molecule has 2 N–H and O–H groups in total. The van der Waals surface area contributed by atoms with Gasteiger partial charge in [0.25, 0.3) is 0 Å². The molecule has 5 heteroatoms. The van der Waals surface area contributed by atoms with E-state index in [0.29, 0.717) is 5.84 Å². The van der Waals surface area contributed by atoms with E-state index in [9.17, 15) is 0 Å². The molecule has 0 amide bonds. The van der Waals surface area contributed by atoms with Crippen molar-refractivity contribution in [1.82, 2.24) is 15.5 Å². The zero-order chi connectivity index (χ0) is 18.9. The van der Waals surface area contributed by atoms with Crippen LogP contribution in [0.15, 0.2) is 53.1 Å². The van der Waals surface area contributed by atoms with Gasteiger partial charge in [-0.05, 0) is 31.1 Å². The predicted octanol–water partition coefficient (Wildman–Crippen LogP) is 3.98. The Morgan fingerprint density at radius 2 is 2.00 bits per heavy atom. The summed E-state index contributed by atoms with van der Waals surface area (Å²) in [5.74, 6) is 1.45. The van der Waals surface area contributed by atoms with Crippen LogP contribution in [-0.4, -0.2) is 36.7 Å². The summed E-state index contributed by atoms with van der Waals surface area (Å²) in [6.07, 6.45) is 7.45. The number of allylic oxidation sites excluding steroid dienone is 4. The van der Waals surface area contributed by atoms with E-state index in [0.717, 1.165) is 30.1 Å². The number of nitrogens with one attached hydrogen (secondary N) is 2. The van der Waals surface area contributed by atoms with Crippen LogP contribution in [0.2, 0.25) is 0 Å². The highest BCUT2D eigenvalue weighted by Gasteiger charge is 2.20. The molecule has 0 aliphatic heterocycles. The Morgan fingerprint density at radius 3 is 2.52 bits per heavy atom. The van der Waals surface area contributed by atoms with Crippen LogP contribution < -0.4 is 10.6 Å². The van der Waals surface area contributed by atoms with Gasteiger partial charge in [-0.3, -0.25) is 4.99 Å². The van der Waals surface area contributed by atoms with Crippen molar-refractivity contribution in [2.45, 2.75) is 34.1 Å². The maximum Gasteiger partial charge on any atom is 0.148 e. The summed E-state index contributed by atoms with van der Waals surface area (Å²) >= 11 is 0. The Bertz CT molecular complexity index is 651. The standard InChI is InChI=1S/C20H31N5/c1-8-9-15(2)10-11-16(3)20(4,5)14-23-18-13-12-17(24-25-18)19(21-6)22-7/h9-13H,3,8,14H2,1-2,4-7H3,(H,21,22)(H,23,25)/b11-10-,15-9-. The number of aromatic nitrogens is 2. The smallest absolute Gasteiger partial charge is 0.148 e. The summed E-state index contributed by atoms with van der Waals surface area (Å²) in [4.78, 5) is 4.12. The largest absolute Gasteiger partial charge is 0.372 e. The minimum atomic E-state index is -0.0929. The fraction of sp³-hybridized carbons (Fsp3) is 0.450. The van der Waals surface area contributed by atoms with Crippen molar-refractivity contribution in [3.63, 3.8) is 0 Å². The van der Waals surface area contributed by atoms with E-state index >= 15 is 0 Å². The minimum Gasteiger partial charge on any atom is -0.372 e. The second kappa shape index (κ2) is 9.77. The van der Waals surface area contributed by atoms with Crippen LogP contribution in [0, 0.1) is 5.41 Å². The molecule has 1 heterocycles. The monoisotopic (exact) mass is 341 g/mol. The van der Waals surface area contributed by atoms with Crippen molar-refractivity contribution in [2.75, 3.05) is 26.0 Å². The second-order valence-electron chi connectivity index (χ2n) is 6.58. The van der Waals surface area contributed by atoms with E-state index in [-0.39, 0.29) is 5.41 Å². The van der Waals surface area contributed by atoms with Crippen LogP contribution in [0.4, 0.5) is 5.82 Å². The molecule has 1 aromatic rings. The van der Waals surface area contributed by atoms with Crippen molar-refractivity contribution < 1.29 is 0 Å². The van der Waals surface area contributed by atoms with Crippen molar-refractivity contribution >= 4 is 11.7 Å². The van der Waals surface area contributed by atoms with Crippen molar-refractivity contribution in [1.29, 1.82) is 0 Å². The zero-order valence-corrected chi connectivity index (χ0v) is 16.3. The van der Waals surface area contributed by atoms with Gasteiger partial charge in [0.2, 0.25) is 0 Å². The highest BCUT2D eigenvalue weighted by atomic mass is 15.2. The third kappa shape index (κ3) is 6.53. The predicted molar refractivity (Wildman–Crippen MR) is 108 cm³/mol. The molecular weight excluding hydrogens is 310 g/mol. The van der Waals surface area contributed by atoms with E-state index < -0.39 is 0 Å². The third-order valence-corrected chi connectivity index (χ3v) is 4.02. The lowest BCUT2D eigenvalue weighted by atomic mass is 9.84. The first-order valence-electron chi connectivity index (χ1n) is 8.60. The van der Waals surface area contributed by atoms with Gasteiger partial charge < -0.3 is 10.6 Å². The maximum atomic E-state index is 4.22. The summed E-state index contributed by atoms with van der Waals surface area (Å²) in [6, 6.07) is 3.81. The van der Waals surface area contributed by atoms with Gasteiger partial charge in [0.05, 0.1) is 0 Å². The summed E-state index contributed by atoms with van der Waals surface area (Å²) in [5, 5.41) is 14.7. The number of rotatable bonds is 8. The Labute approximate surface area is 152 Å². The molecule has 1 aromatic heterocycles. The van der Waals surface area contributed by atoms with Crippen molar-refractivity contribution in [3.05, 3.63) is 53.8 Å². The van der Waals surface area contributed by atoms with Crippen LogP contribution in [0.1, 0.15) is 39.8 Å². The fourth-order valence-electron chi connectivity index (χ4n) is 2.18. The Kier molecular flexibility index (Phi) is 8.05. The fourth-order valence-corrected chi connectivity index (χ4v) is 2.18. The van der Waals surface area contributed by atoms with Crippen LogP contribution in [0.3, 0.4) is 0 Å². The first-order valence-corrected chi connectivity index (χ1v) is 8.60. The average Bonchev–Trinajstić information content (AvgIpc) is 2.60. The van der Waals surface area contributed by atoms with Gasteiger partial charge in [0.15, 0.2) is 0 Å². The summed E-state index contributed by atoms with van der Waals surface area (Å²) < 4.78 is 0. The van der Waals surface area contributed by atoms with Gasteiger partial charge in [-0.1, -0.05) is 51.2 Å². The average molecular weight is 342 g/mol. The molecule has 0 unspecified atom stereocenters. The van der Waals surface area contributed by atoms with E-state index in [1.54, 1.807) is 7.05 Å². The van der Waals surface area contributed by atoms with E-state index in [1.165, 1.54) is 5.57 Å². The molecule has 0 aromatic carbocycles. The normalized spacial score (nSPS) is 13.2. The lowest BCUT2D eigenvalue weighted by Crippen LogP contribution is -2.25. The quantitative estimate of drug-likeness (QED) is 0.426. The number of anilines is 1. The molecule has 0 spiro atoms. The summed E-state index contributed by atoms with van der Waals surface area (Å²) in [5.41, 5.74) is 2.96. The van der Waals surface area contributed by atoms with E-state index in [4.69, 9.17) is 0 Å². The lowest BCUT2D eigenvalue weighted by molar-refractivity contribution is 0.488. The number of aliphatic imine (C=N–C) groups is 1. The molecule has 0 fully saturated rings. The van der Waals surface area contributed by atoms with Gasteiger partial charge in [0, 0.05) is 26.1 Å². The minimum absolute atomic E-state index is 0.0929. The molecule has 0 atom stereocenters. The number of nitrogens with zero attached hydrogens (tertiary/aromatic N) is 3. The molecule has 136 valence electrons. The Balaban J connectivity index is 2.69. The molecule has 25 heavy (non-hydrogen) atoms. The maximum absolute atomic E-state index is 4.22. The topological polar surface area (TPSA) is 62.2 Å². The molecule has 0 aliphatic rings. The van der Waals surface area contributed by atoms with E-state index in [1.807, 2.05) is 19.2 Å². The molecule has 0 saturated heterocycles. The molecule has 0 bridgehead atoms. The Hall–Kier alpha value is -2.43. The second-order valence-corrected chi connectivity index (χ2v) is 6.58.